The van der Waals surface area contributed by atoms with E-state index in [-0.39, 0.29) is 4.90 Å². The Balaban J connectivity index is 1.81. The molecule has 0 saturated carbocycles. The van der Waals surface area contributed by atoms with Crippen LogP contribution in [-0.2, 0) is 10.0 Å². The molecule has 0 atom stereocenters. The summed E-state index contributed by atoms with van der Waals surface area (Å²) in [6.45, 7) is 0. The molecule has 0 radical (unpaired) electrons. The van der Waals surface area contributed by atoms with Crippen molar-refractivity contribution in [2.45, 2.75) is 30.6 Å². The Kier molecular flexibility index (Phi) is 3.02. The highest BCUT2D eigenvalue weighted by atomic mass is 32.2. The largest absolute Gasteiger partial charge is 0.304 e. The second-order valence-corrected chi connectivity index (χ2v) is 6.21. The number of amidine groups is 1. The minimum atomic E-state index is -3.54. The van der Waals surface area contributed by atoms with E-state index in [4.69, 9.17) is 0 Å². The molecule has 0 aromatic heterocycles. The first kappa shape index (κ1) is 12.2. The Morgan fingerprint density at radius 1 is 1.11 bits per heavy atom. The van der Waals surface area contributed by atoms with E-state index in [9.17, 15) is 8.42 Å². The first-order chi connectivity index (χ1) is 9.17. The quantitative estimate of drug-likeness (QED) is 0.807. The minimum absolute atomic E-state index is 0.261. The number of allylic oxidation sites excluding steroid dienone is 2. The molecule has 2 aliphatic rings. The highest BCUT2D eigenvalue weighted by Crippen LogP contribution is 2.24. The van der Waals surface area contributed by atoms with Crippen molar-refractivity contribution < 1.29 is 8.42 Å². The van der Waals surface area contributed by atoms with Crippen LogP contribution in [0.3, 0.4) is 0 Å². The van der Waals surface area contributed by atoms with E-state index >= 15 is 0 Å². The summed E-state index contributed by atoms with van der Waals surface area (Å²) in [7, 11) is -3.54. The van der Waals surface area contributed by atoms with Gasteiger partial charge in [-0.25, -0.2) is 0 Å². The van der Waals surface area contributed by atoms with Crippen molar-refractivity contribution in [2.24, 2.45) is 4.40 Å². The molecular weight excluding hydrogens is 262 g/mol. The van der Waals surface area contributed by atoms with Gasteiger partial charge in [0, 0.05) is 11.3 Å². The van der Waals surface area contributed by atoms with Crippen molar-refractivity contribution in [3.05, 3.63) is 41.6 Å². The van der Waals surface area contributed by atoms with Crippen molar-refractivity contribution in [3.63, 3.8) is 0 Å². The third-order valence-corrected chi connectivity index (χ3v) is 4.60. The Labute approximate surface area is 112 Å². The van der Waals surface area contributed by atoms with E-state index in [0.717, 1.165) is 25.0 Å². The SMILES string of the molecule is O=S1(=O)N=C(NNC2=CCCCC2)c2ccccc21. The normalized spacial score (nSPS) is 20.2. The Morgan fingerprint density at radius 3 is 2.74 bits per heavy atom. The topological polar surface area (TPSA) is 70.6 Å². The standard InChI is InChI=1S/C13H15N3O2S/c17-19(18)12-9-5-4-8-11(12)13(16-19)15-14-10-6-2-1-3-7-10/h4-6,8-9,14H,1-3,7H2,(H,15,16). The van der Waals surface area contributed by atoms with Crippen LogP contribution in [0.4, 0.5) is 0 Å². The van der Waals surface area contributed by atoms with E-state index in [2.05, 4.69) is 21.3 Å². The predicted molar refractivity (Wildman–Crippen MR) is 73.0 cm³/mol. The number of benzene rings is 1. The maximum atomic E-state index is 11.8. The lowest BCUT2D eigenvalue weighted by molar-refractivity contribution is 0.599. The fraction of sp³-hybridized carbons (Fsp3) is 0.308. The van der Waals surface area contributed by atoms with E-state index in [1.54, 1.807) is 24.3 Å². The molecule has 0 spiro atoms. The molecule has 6 heteroatoms. The van der Waals surface area contributed by atoms with Gasteiger partial charge in [0.2, 0.25) is 0 Å². The fourth-order valence-electron chi connectivity index (χ4n) is 2.29. The van der Waals surface area contributed by atoms with Crippen molar-refractivity contribution in [3.8, 4) is 0 Å². The smallest absolute Gasteiger partial charge is 0.285 e. The third-order valence-electron chi connectivity index (χ3n) is 3.26. The number of nitrogens with zero attached hydrogens (tertiary/aromatic N) is 1. The molecule has 1 aromatic carbocycles. The Hall–Kier alpha value is -1.82. The van der Waals surface area contributed by atoms with Gasteiger partial charge in [0.15, 0.2) is 5.84 Å². The van der Waals surface area contributed by atoms with E-state index in [0.29, 0.717) is 11.4 Å². The number of fused-ring (bicyclic) bond motifs is 1. The summed E-state index contributed by atoms with van der Waals surface area (Å²) in [4.78, 5) is 0.261. The maximum absolute atomic E-state index is 11.8. The molecule has 5 nitrogen and oxygen atoms in total. The van der Waals surface area contributed by atoms with E-state index in [1.807, 2.05) is 0 Å². The van der Waals surface area contributed by atoms with E-state index < -0.39 is 10.0 Å². The summed E-state index contributed by atoms with van der Waals surface area (Å²) >= 11 is 0. The molecule has 1 aliphatic heterocycles. The molecule has 0 amide bonds. The van der Waals surface area contributed by atoms with Crippen LogP contribution in [0.5, 0.6) is 0 Å². The van der Waals surface area contributed by atoms with Crippen molar-refractivity contribution >= 4 is 15.9 Å². The van der Waals surface area contributed by atoms with Gasteiger partial charge in [0.1, 0.15) is 4.90 Å². The number of hydrogen-bond acceptors (Lipinski definition) is 4. The van der Waals surface area contributed by atoms with Crippen LogP contribution >= 0.6 is 0 Å². The third kappa shape index (κ3) is 2.35. The summed E-state index contributed by atoms with van der Waals surface area (Å²) < 4.78 is 27.5. The van der Waals surface area contributed by atoms with Crippen LogP contribution < -0.4 is 10.9 Å². The highest BCUT2D eigenvalue weighted by Gasteiger charge is 2.28. The molecule has 1 heterocycles. The first-order valence-corrected chi connectivity index (χ1v) is 7.76. The van der Waals surface area contributed by atoms with Crippen LogP contribution in [0.15, 0.2) is 45.3 Å². The lowest BCUT2D eigenvalue weighted by Crippen LogP contribution is -2.37. The molecule has 1 aliphatic carbocycles. The van der Waals surface area contributed by atoms with Crippen LogP contribution in [0.1, 0.15) is 31.2 Å². The summed E-state index contributed by atoms with van der Waals surface area (Å²) in [5.74, 6) is 0.363. The van der Waals surface area contributed by atoms with Gasteiger partial charge in [0.25, 0.3) is 10.0 Å². The van der Waals surface area contributed by atoms with Gasteiger partial charge in [-0.3, -0.25) is 5.43 Å². The minimum Gasteiger partial charge on any atom is -0.304 e. The van der Waals surface area contributed by atoms with E-state index in [1.165, 1.54) is 6.42 Å². The van der Waals surface area contributed by atoms with Crippen molar-refractivity contribution in [2.75, 3.05) is 0 Å². The summed E-state index contributed by atoms with van der Waals surface area (Å²) in [5.41, 5.74) is 7.68. The van der Waals surface area contributed by atoms with Crippen molar-refractivity contribution in [1.29, 1.82) is 0 Å². The molecule has 100 valence electrons. The monoisotopic (exact) mass is 277 g/mol. The van der Waals surface area contributed by atoms with Gasteiger partial charge in [0.05, 0.1) is 0 Å². The first-order valence-electron chi connectivity index (χ1n) is 6.32. The molecule has 0 unspecified atom stereocenters. The lowest BCUT2D eigenvalue weighted by atomic mass is 10.1. The maximum Gasteiger partial charge on any atom is 0.285 e. The second kappa shape index (κ2) is 4.70. The summed E-state index contributed by atoms with van der Waals surface area (Å²) in [6, 6.07) is 6.83. The number of hydrogen-bond donors (Lipinski definition) is 2. The van der Waals surface area contributed by atoms with Crippen LogP contribution in [0, 0.1) is 0 Å². The van der Waals surface area contributed by atoms with Crippen LogP contribution in [0.2, 0.25) is 0 Å². The number of nitrogens with one attached hydrogen (secondary N) is 2. The lowest BCUT2D eigenvalue weighted by Gasteiger charge is -2.16. The molecule has 1 aromatic rings. The number of sulfonamides is 1. The highest BCUT2D eigenvalue weighted by molar-refractivity contribution is 7.90. The molecule has 3 rings (SSSR count). The number of hydrazine groups is 1. The molecule has 2 N–H and O–H groups in total. The Bertz CT molecular complexity index is 662. The summed E-state index contributed by atoms with van der Waals surface area (Å²) in [5, 5.41) is 0. The number of rotatable bonds is 2. The van der Waals surface area contributed by atoms with Crippen LogP contribution in [-0.4, -0.2) is 14.3 Å². The van der Waals surface area contributed by atoms with Gasteiger partial charge < -0.3 is 5.43 Å². The predicted octanol–water partition coefficient (Wildman–Crippen LogP) is 1.69. The van der Waals surface area contributed by atoms with Gasteiger partial charge in [-0.15, -0.1) is 4.40 Å². The van der Waals surface area contributed by atoms with Crippen LogP contribution in [0.25, 0.3) is 0 Å². The molecule has 19 heavy (non-hydrogen) atoms. The van der Waals surface area contributed by atoms with Gasteiger partial charge in [-0.1, -0.05) is 18.2 Å². The summed E-state index contributed by atoms with van der Waals surface area (Å²) in [6.07, 6.45) is 6.54. The van der Waals surface area contributed by atoms with Gasteiger partial charge >= 0.3 is 0 Å². The molecule has 0 fully saturated rings. The average Bonchev–Trinajstić information content (AvgIpc) is 2.70. The zero-order valence-electron chi connectivity index (χ0n) is 10.4. The fourth-order valence-corrected chi connectivity index (χ4v) is 3.46. The average molecular weight is 277 g/mol. The zero-order chi connectivity index (χ0) is 13.3. The zero-order valence-corrected chi connectivity index (χ0v) is 11.2. The molecular formula is C13H15N3O2S. The molecule has 0 saturated heterocycles. The van der Waals surface area contributed by atoms with Gasteiger partial charge in [-0.05, 0) is 37.8 Å². The Morgan fingerprint density at radius 2 is 1.95 bits per heavy atom. The molecule has 0 bridgehead atoms. The second-order valence-electron chi connectivity index (χ2n) is 4.64. The van der Waals surface area contributed by atoms with Gasteiger partial charge in [-0.2, -0.15) is 8.42 Å². The van der Waals surface area contributed by atoms with Crippen molar-refractivity contribution in [1.82, 2.24) is 10.9 Å².